The van der Waals surface area contributed by atoms with Crippen molar-refractivity contribution in [1.29, 1.82) is 0 Å². The van der Waals surface area contributed by atoms with Crippen molar-refractivity contribution in [3.8, 4) is 0 Å². The van der Waals surface area contributed by atoms with E-state index in [1.165, 1.54) is 17.8 Å². The molecule has 19 heavy (non-hydrogen) atoms. The SMILES string of the molecule is NC(=O)C(CCSc1ccc(F)c(F)c1)NC1CC1. The molecule has 104 valence electrons. The molecular formula is C13H16F2N2OS. The number of carbonyl (C=O) groups is 1. The van der Waals surface area contributed by atoms with Crippen molar-refractivity contribution in [2.75, 3.05) is 5.75 Å². The predicted molar refractivity (Wildman–Crippen MR) is 70.8 cm³/mol. The Labute approximate surface area is 114 Å². The fourth-order valence-corrected chi connectivity index (χ4v) is 2.64. The Balaban J connectivity index is 1.80. The molecule has 6 heteroatoms. The second kappa shape index (κ2) is 6.34. The van der Waals surface area contributed by atoms with Crippen LogP contribution in [0.25, 0.3) is 0 Å². The predicted octanol–water partition coefficient (Wildman–Crippen LogP) is 2.05. The lowest BCUT2D eigenvalue weighted by Gasteiger charge is -2.14. The van der Waals surface area contributed by atoms with Crippen LogP contribution in [0.4, 0.5) is 8.78 Å². The second-order valence-electron chi connectivity index (χ2n) is 4.61. The van der Waals surface area contributed by atoms with E-state index >= 15 is 0 Å². The average Bonchev–Trinajstić information content (AvgIpc) is 3.16. The Bertz CT molecular complexity index is 466. The molecule has 0 spiro atoms. The Morgan fingerprint density at radius 2 is 2.16 bits per heavy atom. The summed E-state index contributed by atoms with van der Waals surface area (Å²) in [5.41, 5.74) is 5.32. The third-order valence-electron chi connectivity index (χ3n) is 2.92. The van der Waals surface area contributed by atoms with Gasteiger partial charge < -0.3 is 11.1 Å². The number of nitrogens with two attached hydrogens (primary N) is 1. The van der Waals surface area contributed by atoms with Gasteiger partial charge in [0.15, 0.2) is 11.6 Å². The minimum atomic E-state index is -0.854. The molecule has 0 saturated heterocycles. The third kappa shape index (κ3) is 4.47. The number of hydrogen-bond acceptors (Lipinski definition) is 3. The van der Waals surface area contributed by atoms with E-state index in [4.69, 9.17) is 5.73 Å². The first-order chi connectivity index (χ1) is 9.06. The molecule has 0 radical (unpaired) electrons. The number of rotatable bonds is 7. The minimum Gasteiger partial charge on any atom is -0.368 e. The van der Waals surface area contributed by atoms with Gasteiger partial charge in [0.05, 0.1) is 6.04 Å². The molecule has 1 saturated carbocycles. The zero-order valence-corrected chi connectivity index (χ0v) is 11.2. The van der Waals surface area contributed by atoms with Crippen LogP contribution in [0.3, 0.4) is 0 Å². The van der Waals surface area contributed by atoms with Crippen molar-refractivity contribution in [2.45, 2.75) is 36.2 Å². The molecule has 0 heterocycles. The van der Waals surface area contributed by atoms with Gasteiger partial charge in [0.25, 0.3) is 0 Å². The molecule has 1 amide bonds. The lowest BCUT2D eigenvalue weighted by Crippen LogP contribution is -2.42. The Morgan fingerprint density at radius 1 is 1.42 bits per heavy atom. The molecule has 0 aliphatic heterocycles. The van der Waals surface area contributed by atoms with Gasteiger partial charge in [-0.25, -0.2) is 8.78 Å². The van der Waals surface area contributed by atoms with Gasteiger partial charge in [-0.2, -0.15) is 0 Å². The summed E-state index contributed by atoms with van der Waals surface area (Å²) in [6.45, 7) is 0. The Hall–Kier alpha value is -1.14. The number of hydrogen-bond donors (Lipinski definition) is 2. The summed E-state index contributed by atoms with van der Waals surface area (Å²) in [4.78, 5) is 11.9. The maximum absolute atomic E-state index is 13.0. The van der Waals surface area contributed by atoms with Crippen LogP contribution in [0.5, 0.6) is 0 Å². The minimum absolute atomic E-state index is 0.342. The molecule has 1 aromatic rings. The molecule has 3 nitrogen and oxygen atoms in total. The van der Waals surface area contributed by atoms with Crippen molar-refractivity contribution in [3.05, 3.63) is 29.8 Å². The van der Waals surface area contributed by atoms with Crippen molar-refractivity contribution in [2.24, 2.45) is 5.73 Å². The zero-order chi connectivity index (χ0) is 13.8. The van der Waals surface area contributed by atoms with E-state index in [0.717, 1.165) is 25.0 Å². The van der Waals surface area contributed by atoms with E-state index in [9.17, 15) is 13.6 Å². The van der Waals surface area contributed by atoms with Gasteiger partial charge in [0.2, 0.25) is 5.91 Å². The maximum Gasteiger partial charge on any atom is 0.234 e. The van der Waals surface area contributed by atoms with E-state index in [1.807, 2.05) is 0 Å². The van der Waals surface area contributed by atoms with Crippen molar-refractivity contribution in [1.82, 2.24) is 5.32 Å². The highest BCUT2D eigenvalue weighted by Gasteiger charge is 2.26. The van der Waals surface area contributed by atoms with Gasteiger partial charge in [-0.05, 0) is 43.2 Å². The fraction of sp³-hybridized carbons (Fsp3) is 0.462. The summed E-state index contributed by atoms with van der Waals surface area (Å²) in [6, 6.07) is 3.85. The summed E-state index contributed by atoms with van der Waals surface area (Å²) in [6.07, 6.45) is 2.75. The first-order valence-corrected chi connectivity index (χ1v) is 7.18. The number of benzene rings is 1. The van der Waals surface area contributed by atoms with Crippen molar-refractivity contribution in [3.63, 3.8) is 0 Å². The Morgan fingerprint density at radius 3 is 2.74 bits per heavy atom. The number of thioether (sulfide) groups is 1. The molecule has 1 fully saturated rings. The highest BCUT2D eigenvalue weighted by molar-refractivity contribution is 7.99. The topological polar surface area (TPSA) is 55.1 Å². The summed E-state index contributed by atoms with van der Waals surface area (Å²) in [5.74, 6) is -1.45. The molecule has 0 aromatic heterocycles. The number of carbonyl (C=O) groups excluding carboxylic acids is 1. The monoisotopic (exact) mass is 286 g/mol. The number of nitrogens with one attached hydrogen (secondary N) is 1. The zero-order valence-electron chi connectivity index (χ0n) is 10.4. The van der Waals surface area contributed by atoms with E-state index in [2.05, 4.69) is 5.32 Å². The molecule has 1 aromatic carbocycles. The quantitative estimate of drug-likeness (QED) is 0.754. The van der Waals surface area contributed by atoms with Gasteiger partial charge in [-0.3, -0.25) is 4.79 Å². The van der Waals surface area contributed by atoms with E-state index in [1.54, 1.807) is 0 Å². The van der Waals surface area contributed by atoms with Gasteiger partial charge in [0.1, 0.15) is 0 Å². The normalized spacial score (nSPS) is 16.3. The molecule has 3 N–H and O–H groups in total. The summed E-state index contributed by atoms with van der Waals surface area (Å²) < 4.78 is 25.7. The summed E-state index contributed by atoms with van der Waals surface area (Å²) in [5, 5.41) is 3.18. The molecule has 0 bridgehead atoms. The second-order valence-corrected chi connectivity index (χ2v) is 5.78. The van der Waals surface area contributed by atoms with Crippen LogP contribution in [-0.4, -0.2) is 23.7 Å². The van der Waals surface area contributed by atoms with Gasteiger partial charge >= 0.3 is 0 Å². The lowest BCUT2D eigenvalue weighted by atomic mass is 10.2. The van der Waals surface area contributed by atoms with Crippen LogP contribution in [0.1, 0.15) is 19.3 Å². The highest BCUT2D eigenvalue weighted by atomic mass is 32.2. The van der Waals surface area contributed by atoms with Crippen LogP contribution in [0.2, 0.25) is 0 Å². The van der Waals surface area contributed by atoms with E-state index < -0.39 is 11.6 Å². The first kappa shape index (κ1) is 14.3. The summed E-state index contributed by atoms with van der Waals surface area (Å²) in [7, 11) is 0. The van der Waals surface area contributed by atoms with Crippen molar-refractivity contribution >= 4 is 17.7 Å². The molecular weight excluding hydrogens is 270 g/mol. The highest BCUT2D eigenvalue weighted by Crippen LogP contribution is 2.23. The molecule has 1 unspecified atom stereocenters. The average molecular weight is 286 g/mol. The fourth-order valence-electron chi connectivity index (χ4n) is 1.70. The van der Waals surface area contributed by atoms with Crippen LogP contribution in [0.15, 0.2) is 23.1 Å². The maximum atomic E-state index is 13.0. The van der Waals surface area contributed by atoms with Crippen LogP contribution >= 0.6 is 11.8 Å². The molecule has 1 aliphatic carbocycles. The standard InChI is InChI=1S/C13H16F2N2OS/c14-10-4-3-9(7-11(10)15)19-6-5-12(13(16)18)17-8-1-2-8/h3-4,7-8,12,17H,1-2,5-6H2,(H2,16,18). The van der Waals surface area contributed by atoms with Gasteiger partial charge in [-0.15, -0.1) is 11.8 Å². The largest absolute Gasteiger partial charge is 0.368 e. The lowest BCUT2D eigenvalue weighted by molar-refractivity contribution is -0.120. The van der Waals surface area contributed by atoms with Gasteiger partial charge in [-0.1, -0.05) is 0 Å². The third-order valence-corrected chi connectivity index (χ3v) is 3.95. The van der Waals surface area contributed by atoms with E-state index in [-0.39, 0.29) is 11.9 Å². The molecule has 1 atom stereocenters. The van der Waals surface area contributed by atoms with Crippen molar-refractivity contribution < 1.29 is 13.6 Å². The Kier molecular flexibility index (Phi) is 4.76. The number of primary amides is 1. The van der Waals surface area contributed by atoms with E-state index in [0.29, 0.717) is 23.1 Å². The van der Waals surface area contributed by atoms with Gasteiger partial charge in [0, 0.05) is 10.9 Å². The molecule has 1 aliphatic rings. The van der Waals surface area contributed by atoms with Crippen LogP contribution in [-0.2, 0) is 4.79 Å². The molecule has 2 rings (SSSR count). The smallest absolute Gasteiger partial charge is 0.234 e. The number of amides is 1. The van der Waals surface area contributed by atoms with Crippen LogP contribution in [0, 0.1) is 11.6 Å². The first-order valence-electron chi connectivity index (χ1n) is 6.19. The number of halogens is 2. The summed E-state index contributed by atoms with van der Waals surface area (Å²) >= 11 is 1.38. The van der Waals surface area contributed by atoms with Crippen LogP contribution < -0.4 is 11.1 Å².